The molecule has 0 bridgehead atoms. The molecule has 0 aromatic heterocycles. The van der Waals surface area contributed by atoms with Crippen LogP contribution in [-0.2, 0) is 12.8 Å². The Hall–Kier alpha value is -3.42. The van der Waals surface area contributed by atoms with Gasteiger partial charge in [-0.2, -0.15) is 0 Å². The van der Waals surface area contributed by atoms with Crippen LogP contribution in [0.5, 0.6) is 0 Å². The average molecular weight is 609 g/mol. The predicted molar refractivity (Wildman–Crippen MR) is 200 cm³/mol. The van der Waals surface area contributed by atoms with Crippen molar-refractivity contribution < 1.29 is 0 Å². The average Bonchev–Trinajstić information content (AvgIpc) is 3.60. The SMILES string of the molecule is CC(C)c1cccc(-c2cccc3c2C=C([Si](C2=Cc4c(cccc4-c4cccc(C(C)C)c4)C2)(C(C)(C)C)C(C)(C)C)C3)c1. The third-order valence-corrected chi connectivity index (χ3v) is 17.8. The Morgan fingerprint density at radius 1 is 0.511 bits per heavy atom. The Morgan fingerprint density at radius 3 is 1.24 bits per heavy atom. The van der Waals surface area contributed by atoms with Gasteiger partial charge >= 0.3 is 0 Å². The summed E-state index contributed by atoms with van der Waals surface area (Å²) < 4.78 is 0. The minimum absolute atomic E-state index is 0.141. The van der Waals surface area contributed by atoms with Crippen LogP contribution in [0.4, 0.5) is 0 Å². The molecular weight excluding hydrogens is 557 g/mol. The largest absolute Gasteiger partial charge is 0.120 e. The van der Waals surface area contributed by atoms with E-state index in [0.717, 1.165) is 12.8 Å². The Labute approximate surface area is 274 Å². The maximum Gasteiger partial charge on any atom is 0.120 e. The van der Waals surface area contributed by atoms with Gasteiger partial charge in [-0.3, -0.25) is 0 Å². The third kappa shape index (κ3) is 5.32. The molecular formula is C44H52Si. The highest BCUT2D eigenvalue weighted by Crippen LogP contribution is 2.62. The lowest BCUT2D eigenvalue weighted by Crippen LogP contribution is -2.56. The fraction of sp³-hybridized carbons (Fsp3) is 0.364. The van der Waals surface area contributed by atoms with E-state index in [-0.39, 0.29) is 10.1 Å². The zero-order valence-corrected chi connectivity index (χ0v) is 30.3. The number of benzene rings is 4. The van der Waals surface area contributed by atoms with Crippen molar-refractivity contribution in [3.63, 3.8) is 0 Å². The second-order valence-corrected chi connectivity index (χ2v) is 22.0. The van der Waals surface area contributed by atoms with Gasteiger partial charge in [-0.25, -0.2) is 0 Å². The van der Waals surface area contributed by atoms with E-state index in [1.807, 2.05) is 0 Å². The quantitative estimate of drug-likeness (QED) is 0.191. The van der Waals surface area contributed by atoms with Crippen molar-refractivity contribution in [1.29, 1.82) is 0 Å². The van der Waals surface area contributed by atoms with Gasteiger partial charge in [-0.1, -0.05) is 177 Å². The van der Waals surface area contributed by atoms with Crippen LogP contribution >= 0.6 is 0 Å². The summed E-state index contributed by atoms with van der Waals surface area (Å²) in [4.78, 5) is 0. The van der Waals surface area contributed by atoms with E-state index in [4.69, 9.17) is 0 Å². The van der Waals surface area contributed by atoms with E-state index in [0.29, 0.717) is 11.8 Å². The minimum Gasteiger partial charge on any atom is -0.0699 e. The summed E-state index contributed by atoms with van der Waals surface area (Å²) in [5.74, 6) is 1.03. The van der Waals surface area contributed by atoms with Gasteiger partial charge < -0.3 is 0 Å². The highest BCUT2D eigenvalue weighted by Gasteiger charge is 2.58. The monoisotopic (exact) mass is 608 g/mol. The van der Waals surface area contributed by atoms with E-state index in [2.05, 4.69) is 166 Å². The number of hydrogen-bond donors (Lipinski definition) is 0. The molecule has 0 heterocycles. The number of hydrogen-bond acceptors (Lipinski definition) is 0. The minimum atomic E-state index is -2.31. The Bertz CT molecular complexity index is 1680. The molecule has 0 fully saturated rings. The van der Waals surface area contributed by atoms with Crippen molar-refractivity contribution in [1.82, 2.24) is 0 Å². The van der Waals surface area contributed by atoms with Crippen LogP contribution in [0.2, 0.25) is 10.1 Å². The standard InChI is InChI=1S/C44H52Si/c1-29(2)31-15-11-17-33(23-31)39-21-13-19-35-25-37(27-41(35)39)45(43(5,6)7,44(8,9)10)38-26-36-20-14-22-40(42(36)28-38)34-18-12-16-32(24-34)30(3)4/h11-24,27-30H,25-26H2,1-10H3. The summed E-state index contributed by atoms with van der Waals surface area (Å²) in [6, 6.07) is 32.5. The van der Waals surface area contributed by atoms with Crippen molar-refractivity contribution in [3.05, 3.63) is 129 Å². The van der Waals surface area contributed by atoms with Crippen LogP contribution in [0.3, 0.4) is 0 Å². The number of fused-ring (bicyclic) bond motifs is 2. The first-order valence-electron chi connectivity index (χ1n) is 17.1. The molecule has 0 radical (unpaired) electrons. The topological polar surface area (TPSA) is 0 Å². The van der Waals surface area contributed by atoms with Gasteiger partial charge in [0.15, 0.2) is 0 Å². The molecule has 0 saturated carbocycles. The van der Waals surface area contributed by atoms with E-state index in [9.17, 15) is 0 Å². The van der Waals surface area contributed by atoms with E-state index in [1.165, 1.54) is 55.6 Å². The first kappa shape index (κ1) is 31.6. The number of rotatable bonds is 6. The molecule has 45 heavy (non-hydrogen) atoms. The Balaban J connectivity index is 1.53. The van der Waals surface area contributed by atoms with Crippen LogP contribution < -0.4 is 0 Å². The highest BCUT2D eigenvalue weighted by atomic mass is 28.3. The fourth-order valence-corrected chi connectivity index (χ4v) is 17.3. The summed E-state index contributed by atoms with van der Waals surface area (Å²) in [5, 5.41) is 3.69. The van der Waals surface area contributed by atoms with Crippen molar-refractivity contribution in [3.8, 4) is 22.3 Å². The molecule has 0 atom stereocenters. The second-order valence-electron chi connectivity index (χ2n) is 16.3. The second kappa shape index (κ2) is 11.4. The van der Waals surface area contributed by atoms with Gasteiger partial charge in [0.25, 0.3) is 0 Å². The van der Waals surface area contributed by atoms with Crippen LogP contribution in [0.1, 0.15) is 114 Å². The first-order valence-corrected chi connectivity index (χ1v) is 19.1. The molecule has 2 aliphatic rings. The molecule has 0 unspecified atom stereocenters. The molecule has 0 amide bonds. The summed E-state index contributed by atoms with van der Waals surface area (Å²) in [7, 11) is -2.31. The summed E-state index contributed by atoms with van der Waals surface area (Å²) >= 11 is 0. The lowest BCUT2D eigenvalue weighted by atomic mass is 9.93. The predicted octanol–water partition coefficient (Wildman–Crippen LogP) is 13.0. The van der Waals surface area contributed by atoms with Gasteiger partial charge in [0.05, 0.1) is 0 Å². The van der Waals surface area contributed by atoms with Crippen LogP contribution in [0, 0.1) is 0 Å². The summed E-state index contributed by atoms with van der Waals surface area (Å²) in [6.45, 7) is 24.4. The summed E-state index contributed by atoms with van der Waals surface area (Å²) in [5.41, 5.74) is 14.1. The number of allylic oxidation sites excluding steroid dienone is 2. The Kier molecular flexibility index (Phi) is 8.01. The van der Waals surface area contributed by atoms with Gasteiger partial charge in [0, 0.05) is 0 Å². The maximum absolute atomic E-state index is 2.66. The highest BCUT2D eigenvalue weighted by molar-refractivity contribution is 6.98. The molecule has 0 aliphatic heterocycles. The van der Waals surface area contributed by atoms with Gasteiger partial charge in [-0.15, -0.1) is 0 Å². The van der Waals surface area contributed by atoms with Crippen LogP contribution in [0.15, 0.2) is 95.3 Å². The van der Waals surface area contributed by atoms with Crippen molar-refractivity contribution in [2.45, 2.75) is 104 Å². The molecule has 0 spiro atoms. The smallest absolute Gasteiger partial charge is 0.0699 e. The van der Waals surface area contributed by atoms with Gasteiger partial charge in [0.2, 0.25) is 0 Å². The molecule has 1 heteroatoms. The van der Waals surface area contributed by atoms with Crippen LogP contribution in [0.25, 0.3) is 34.4 Å². The molecule has 232 valence electrons. The summed E-state index contributed by atoms with van der Waals surface area (Å²) in [6.07, 6.45) is 7.44. The molecule has 0 N–H and O–H groups in total. The van der Waals surface area contributed by atoms with Crippen molar-refractivity contribution in [2.24, 2.45) is 0 Å². The molecule has 6 rings (SSSR count). The molecule has 4 aromatic carbocycles. The maximum atomic E-state index is 2.66. The van der Waals surface area contributed by atoms with E-state index < -0.39 is 8.07 Å². The lowest BCUT2D eigenvalue weighted by molar-refractivity contribution is 0.622. The fourth-order valence-electron chi connectivity index (χ4n) is 9.11. The van der Waals surface area contributed by atoms with Crippen molar-refractivity contribution >= 4 is 20.2 Å². The Morgan fingerprint density at radius 2 is 0.889 bits per heavy atom. The van der Waals surface area contributed by atoms with E-state index in [1.54, 1.807) is 10.4 Å². The molecule has 2 aliphatic carbocycles. The zero-order chi connectivity index (χ0) is 32.3. The van der Waals surface area contributed by atoms with Gasteiger partial charge in [-0.05, 0) is 90.4 Å². The molecule has 0 nitrogen and oxygen atoms in total. The van der Waals surface area contributed by atoms with E-state index >= 15 is 0 Å². The first-order chi connectivity index (χ1) is 21.2. The van der Waals surface area contributed by atoms with Crippen molar-refractivity contribution in [2.75, 3.05) is 0 Å². The molecule has 0 saturated heterocycles. The molecule has 4 aromatic rings. The van der Waals surface area contributed by atoms with Crippen LogP contribution in [-0.4, -0.2) is 8.07 Å². The van der Waals surface area contributed by atoms with Gasteiger partial charge in [0.1, 0.15) is 8.07 Å². The lowest BCUT2D eigenvalue weighted by Gasteiger charge is -2.54. The zero-order valence-electron chi connectivity index (χ0n) is 29.3. The normalized spacial score (nSPS) is 14.9. The third-order valence-electron chi connectivity index (χ3n) is 10.7.